The van der Waals surface area contributed by atoms with Crippen molar-refractivity contribution in [2.24, 2.45) is 0 Å². The highest BCUT2D eigenvalue weighted by Gasteiger charge is 2.14. The molecule has 1 amide bonds. The third-order valence-electron chi connectivity index (χ3n) is 3.79. The van der Waals surface area contributed by atoms with Crippen LogP contribution < -0.4 is 10.0 Å². The van der Waals surface area contributed by atoms with E-state index in [2.05, 4.69) is 20.0 Å². The van der Waals surface area contributed by atoms with Crippen molar-refractivity contribution in [2.75, 3.05) is 5.32 Å². The average Bonchev–Trinajstić information content (AvgIpc) is 2.67. The Morgan fingerprint density at radius 1 is 1.04 bits per heavy atom. The van der Waals surface area contributed by atoms with Crippen molar-refractivity contribution in [2.45, 2.75) is 18.4 Å². The second-order valence-electron chi connectivity index (χ2n) is 5.93. The van der Waals surface area contributed by atoms with E-state index in [4.69, 9.17) is 0 Å². The van der Waals surface area contributed by atoms with Gasteiger partial charge in [-0.25, -0.2) is 27.5 Å². The highest BCUT2D eigenvalue weighted by Crippen LogP contribution is 2.18. The predicted molar refractivity (Wildman–Crippen MR) is 102 cm³/mol. The molecule has 0 fully saturated rings. The molecule has 0 spiro atoms. The average molecular weight is 400 g/mol. The number of carbonyl (C=O) groups excluding carboxylic acids is 1. The molecule has 7 nitrogen and oxygen atoms in total. The van der Waals surface area contributed by atoms with Gasteiger partial charge < -0.3 is 5.32 Å². The first-order valence-electron chi connectivity index (χ1n) is 8.28. The van der Waals surface area contributed by atoms with Crippen LogP contribution >= 0.6 is 0 Å². The monoisotopic (exact) mass is 400 g/mol. The molecule has 0 atom stereocenters. The number of nitrogens with zero attached hydrogens (tertiary/aromatic N) is 2. The molecule has 28 heavy (non-hydrogen) atoms. The molecule has 144 valence electrons. The normalized spacial score (nSPS) is 11.2. The summed E-state index contributed by atoms with van der Waals surface area (Å²) in [6.07, 6.45) is 1.32. The number of rotatable bonds is 6. The van der Waals surface area contributed by atoms with Crippen LogP contribution in [0.1, 0.15) is 12.6 Å². The van der Waals surface area contributed by atoms with E-state index in [9.17, 15) is 17.6 Å². The molecule has 0 aliphatic rings. The zero-order chi connectivity index (χ0) is 20.1. The van der Waals surface area contributed by atoms with Gasteiger partial charge in [-0.15, -0.1) is 0 Å². The summed E-state index contributed by atoms with van der Waals surface area (Å²) < 4.78 is 40.4. The number of aromatic nitrogens is 2. The van der Waals surface area contributed by atoms with Crippen LogP contribution in [0.15, 0.2) is 65.8 Å². The van der Waals surface area contributed by atoms with Gasteiger partial charge >= 0.3 is 0 Å². The van der Waals surface area contributed by atoms with E-state index in [1.54, 1.807) is 18.2 Å². The zero-order valence-electron chi connectivity index (χ0n) is 14.9. The van der Waals surface area contributed by atoms with Crippen molar-refractivity contribution in [3.63, 3.8) is 0 Å². The van der Waals surface area contributed by atoms with E-state index >= 15 is 0 Å². The highest BCUT2D eigenvalue weighted by molar-refractivity contribution is 7.89. The maximum absolute atomic E-state index is 13.1. The molecule has 0 unspecified atom stereocenters. The van der Waals surface area contributed by atoms with Crippen LogP contribution in [-0.2, 0) is 21.4 Å². The van der Waals surface area contributed by atoms with Gasteiger partial charge in [0.15, 0.2) is 0 Å². The number of nitrogens with one attached hydrogen (secondary N) is 2. The van der Waals surface area contributed by atoms with Crippen LogP contribution in [0.4, 0.5) is 10.1 Å². The van der Waals surface area contributed by atoms with Crippen molar-refractivity contribution < 1.29 is 17.6 Å². The van der Waals surface area contributed by atoms with Crippen LogP contribution in [0.5, 0.6) is 0 Å². The molecule has 0 saturated carbocycles. The molecule has 3 rings (SSSR count). The lowest BCUT2D eigenvalue weighted by atomic mass is 10.1. The standard InChI is InChI=1S/C19H17FN4O3S/c1-13(25)24-16-6-8-18(9-7-16)28(26,27)23-11-17-10-19(22-12-21-17)14-2-4-15(20)5-3-14/h2-10,12,23H,11H2,1H3,(H,24,25). The molecule has 1 heterocycles. The van der Waals surface area contributed by atoms with Crippen molar-refractivity contribution in [3.05, 3.63) is 72.4 Å². The van der Waals surface area contributed by atoms with Crippen LogP contribution in [0.2, 0.25) is 0 Å². The molecule has 0 radical (unpaired) electrons. The number of sulfonamides is 1. The summed E-state index contributed by atoms with van der Waals surface area (Å²) in [5.74, 6) is -0.593. The summed E-state index contributed by atoms with van der Waals surface area (Å²) in [5, 5.41) is 2.57. The molecule has 1 aromatic heterocycles. The van der Waals surface area contributed by atoms with Gasteiger partial charge in [0.05, 0.1) is 22.8 Å². The van der Waals surface area contributed by atoms with Gasteiger partial charge in [-0.3, -0.25) is 4.79 Å². The maximum Gasteiger partial charge on any atom is 0.240 e. The Kier molecular flexibility index (Phi) is 5.76. The SMILES string of the molecule is CC(=O)Nc1ccc(S(=O)(=O)NCc2cc(-c3ccc(F)cc3)ncn2)cc1. The lowest BCUT2D eigenvalue weighted by Gasteiger charge is -2.08. The Balaban J connectivity index is 1.71. The first kappa shape index (κ1) is 19.6. The zero-order valence-corrected chi connectivity index (χ0v) is 15.7. The smallest absolute Gasteiger partial charge is 0.240 e. The second kappa shape index (κ2) is 8.24. The van der Waals surface area contributed by atoms with Crippen LogP contribution in [-0.4, -0.2) is 24.3 Å². The Morgan fingerprint density at radius 2 is 1.71 bits per heavy atom. The van der Waals surface area contributed by atoms with Gasteiger partial charge in [-0.05, 0) is 54.6 Å². The number of hydrogen-bond acceptors (Lipinski definition) is 5. The fourth-order valence-corrected chi connectivity index (χ4v) is 3.44. The Labute approximate surface area is 161 Å². The molecule has 9 heteroatoms. The van der Waals surface area contributed by atoms with E-state index in [1.165, 1.54) is 49.6 Å². The second-order valence-corrected chi connectivity index (χ2v) is 7.70. The van der Waals surface area contributed by atoms with E-state index in [1.807, 2.05) is 0 Å². The van der Waals surface area contributed by atoms with Crippen LogP contribution in [0.25, 0.3) is 11.3 Å². The van der Waals surface area contributed by atoms with E-state index in [0.29, 0.717) is 22.6 Å². The molecular formula is C19H17FN4O3S. The third-order valence-corrected chi connectivity index (χ3v) is 5.21. The molecule has 0 saturated heterocycles. The minimum absolute atomic E-state index is 0.0352. The summed E-state index contributed by atoms with van der Waals surface area (Å²) in [4.78, 5) is 19.3. The van der Waals surface area contributed by atoms with Crippen LogP contribution in [0, 0.1) is 5.82 Å². The molecule has 0 aliphatic carbocycles. The number of benzene rings is 2. The minimum Gasteiger partial charge on any atom is -0.326 e. The predicted octanol–water partition coefficient (Wildman–Crippen LogP) is 2.72. The molecule has 3 aromatic rings. The largest absolute Gasteiger partial charge is 0.326 e. The number of anilines is 1. The maximum atomic E-state index is 13.1. The van der Waals surface area contributed by atoms with Gasteiger partial charge in [-0.1, -0.05) is 0 Å². The summed E-state index contributed by atoms with van der Waals surface area (Å²) in [6.45, 7) is 1.33. The first-order chi connectivity index (χ1) is 13.3. The quantitative estimate of drug-likeness (QED) is 0.663. The first-order valence-corrected chi connectivity index (χ1v) is 9.76. The van der Waals surface area contributed by atoms with Gasteiger partial charge in [0, 0.05) is 18.2 Å². The van der Waals surface area contributed by atoms with Crippen LogP contribution in [0.3, 0.4) is 0 Å². The fourth-order valence-electron chi connectivity index (χ4n) is 2.45. The Bertz CT molecular complexity index is 1080. The summed E-state index contributed by atoms with van der Waals surface area (Å²) in [7, 11) is -3.76. The molecule has 2 N–H and O–H groups in total. The fraction of sp³-hybridized carbons (Fsp3) is 0.105. The summed E-state index contributed by atoms with van der Waals surface area (Å²) >= 11 is 0. The number of carbonyl (C=O) groups is 1. The van der Waals surface area contributed by atoms with Crippen molar-refractivity contribution in [1.82, 2.24) is 14.7 Å². The number of amides is 1. The van der Waals surface area contributed by atoms with Crippen molar-refractivity contribution in [1.29, 1.82) is 0 Å². The third kappa shape index (κ3) is 4.96. The van der Waals surface area contributed by atoms with Crippen molar-refractivity contribution in [3.8, 4) is 11.3 Å². The van der Waals surface area contributed by atoms with Gasteiger partial charge in [0.1, 0.15) is 12.1 Å². The topological polar surface area (TPSA) is 101 Å². The van der Waals surface area contributed by atoms with Crippen molar-refractivity contribution >= 4 is 21.6 Å². The lowest BCUT2D eigenvalue weighted by molar-refractivity contribution is -0.114. The highest BCUT2D eigenvalue weighted by atomic mass is 32.2. The van der Waals surface area contributed by atoms with E-state index < -0.39 is 10.0 Å². The summed E-state index contributed by atoms with van der Waals surface area (Å²) in [5.41, 5.74) is 2.23. The number of hydrogen-bond donors (Lipinski definition) is 2. The summed E-state index contributed by atoms with van der Waals surface area (Å²) in [6, 6.07) is 13.3. The van der Waals surface area contributed by atoms with Gasteiger partial charge in [0.2, 0.25) is 15.9 Å². The van der Waals surface area contributed by atoms with E-state index in [0.717, 1.165) is 0 Å². The molecule has 2 aromatic carbocycles. The van der Waals surface area contributed by atoms with Gasteiger partial charge in [0.25, 0.3) is 0 Å². The minimum atomic E-state index is -3.76. The molecular weight excluding hydrogens is 383 g/mol. The lowest BCUT2D eigenvalue weighted by Crippen LogP contribution is -2.23. The van der Waals surface area contributed by atoms with E-state index in [-0.39, 0.29) is 23.2 Å². The van der Waals surface area contributed by atoms with Gasteiger partial charge in [-0.2, -0.15) is 0 Å². The number of halogens is 1. The Morgan fingerprint density at radius 3 is 2.36 bits per heavy atom. The molecule has 0 aliphatic heterocycles. The Hall–Kier alpha value is -3.17. The molecule has 0 bridgehead atoms.